The molecule has 0 bridgehead atoms. The van der Waals surface area contributed by atoms with E-state index in [1.807, 2.05) is 0 Å². The third kappa shape index (κ3) is 8.05. The fourth-order valence-corrected chi connectivity index (χ4v) is 6.58. The monoisotopic (exact) mass is 636 g/mol. The minimum atomic E-state index is -2.48. The van der Waals surface area contributed by atoms with Crippen molar-refractivity contribution in [2.75, 3.05) is 12.0 Å². The van der Waals surface area contributed by atoms with Crippen LogP contribution < -0.4 is 16.7 Å². The molecule has 14 nitrogen and oxygen atoms in total. The number of H-pyrrole nitrogens is 1. The van der Waals surface area contributed by atoms with Crippen molar-refractivity contribution in [3.63, 3.8) is 0 Å². The number of nitrogens with zero attached hydrogens (tertiary/aromatic N) is 4. The van der Waals surface area contributed by atoms with E-state index in [4.69, 9.17) is 13.6 Å². The highest BCUT2D eigenvalue weighted by Gasteiger charge is 2.55. The van der Waals surface area contributed by atoms with Gasteiger partial charge >= 0.3 is 5.69 Å². The second kappa shape index (κ2) is 12.4. The minimum absolute atomic E-state index is 0.0918. The lowest BCUT2D eigenvalue weighted by Crippen LogP contribution is -2.54. The number of hydrogen-bond donors (Lipinski definition) is 2. The Balaban J connectivity index is 2.04. The van der Waals surface area contributed by atoms with Gasteiger partial charge in [-0.15, -0.1) is 5.43 Å². The molecule has 43 heavy (non-hydrogen) atoms. The molecule has 1 aromatic heterocycles. The number of non-ortho nitro benzene ring substituents is 1. The number of nitro groups is 1. The highest BCUT2D eigenvalue weighted by molar-refractivity contribution is 6.74. The van der Waals surface area contributed by atoms with Gasteiger partial charge in [-0.3, -0.25) is 24.5 Å². The first-order valence-corrected chi connectivity index (χ1v) is 19.9. The molecule has 0 spiro atoms. The van der Waals surface area contributed by atoms with Crippen molar-refractivity contribution in [3.8, 4) is 0 Å². The van der Waals surface area contributed by atoms with Crippen LogP contribution >= 0.6 is 0 Å². The quantitative estimate of drug-likeness (QED) is 0.118. The van der Waals surface area contributed by atoms with Gasteiger partial charge in [-0.25, -0.2) is 4.79 Å². The predicted molar refractivity (Wildman–Crippen MR) is 167 cm³/mol. The van der Waals surface area contributed by atoms with E-state index < -0.39 is 57.3 Å². The molecule has 3 rings (SSSR count). The van der Waals surface area contributed by atoms with Gasteiger partial charge in [0.2, 0.25) is 0 Å². The number of ether oxygens (including phenoxy) is 1. The molecule has 0 aliphatic carbocycles. The van der Waals surface area contributed by atoms with Crippen LogP contribution in [0.3, 0.4) is 0 Å². The Morgan fingerprint density at radius 2 is 1.49 bits per heavy atom. The molecule has 16 heteroatoms. The lowest BCUT2D eigenvalue weighted by Gasteiger charge is -2.44. The van der Waals surface area contributed by atoms with Gasteiger partial charge in [-0.05, 0) is 48.4 Å². The molecule has 1 aromatic carbocycles. The van der Waals surface area contributed by atoms with Crippen LogP contribution in [0.4, 0.5) is 11.4 Å². The van der Waals surface area contributed by atoms with Crippen LogP contribution in [0.15, 0.2) is 51.3 Å². The Bertz CT molecular complexity index is 1440. The third-order valence-corrected chi connectivity index (χ3v) is 17.5. The van der Waals surface area contributed by atoms with E-state index in [2.05, 4.69) is 83.4 Å². The zero-order valence-corrected chi connectivity index (χ0v) is 28.5. The fraction of sp³-hybridized carbons (Fsp3) is 0.630. The SMILES string of the molecule is CC(C)(C)[Si](C)(C)O[C@@H]1[C@H](O[Si](C)(C)C(C)(C)C)[C@@H](C/[N+]([O-])=N/Nc2ccc([N+](=O)[O-])cc2)O[C@H]1n1ccc(=O)[nH]c1=O. The highest BCUT2D eigenvalue weighted by atomic mass is 28.4. The number of rotatable bonds is 10. The second-order valence-electron chi connectivity index (χ2n) is 13.8. The van der Waals surface area contributed by atoms with Gasteiger partial charge in [0, 0.05) is 24.4 Å². The Hall–Kier alpha value is -3.19. The van der Waals surface area contributed by atoms with Gasteiger partial charge < -0.3 is 18.8 Å². The Kier molecular flexibility index (Phi) is 9.92. The maximum absolute atomic E-state index is 13.1. The largest absolute Gasteiger partial charge is 0.696 e. The second-order valence-corrected chi connectivity index (χ2v) is 23.3. The maximum atomic E-state index is 13.1. The molecule has 1 fully saturated rings. The van der Waals surface area contributed by atoms with E-state index in [1.165, 1.54) is 41.1 Å². The number of aromatic amines is 1. The average molecular weight is 637 g/mol. The number of aromatic nitrogens is 2. The molecule has 1 saturated heterocycles. The molecule has 2 N–H and O–H groups in total. The first-order chi connectivity index (χ1) is 19.6. The molecule has 0 saturated carbocycles. The van der Waals surface area contributed by atoms with Gasteiger partial charge in [-0.2, -0.15) is 4.86 Å². The molecular weight excluding hydrogens is 593 g/mol. The fourth-order valence-electron chi connectivity index (χ4n) is 3.97. The molecule has 2 aromatic rings. The van der Waals surface area contributed by atoms with E-state index in [0.29, 0.717) is 10.5 Å². The van der Waals surface area contributed by atoms with Crippen molar-refractivity contribution in [1.82, 2.24) is 9.55 Å². The normalized spacial score (nSPS) is 22.0. The van der Waals surface area contributed by atoms with E-state index in [1.54, 1.807) is 0 Å². The summed E-state index contributed by atoms with van der Waals surface area (Å²) in [4.78, 5) is 37.9. The summed E-state index contributed by atoms with van der Waals surface area (Å²) in [5.41, 5.74) is 1.68. The van der Waals surface area contributed by atoms with Crippen molar-refractivity contribution >= 4 is 28.0 Å². The smallest absolute Gasteiger partial charge is 0.330 e. The molecule has 238 valence electrons. The number of hydroxylamine groups is 1. The number of anilines is 1. The highest BCUT2D eigenvalue weighted by Crippen LogP contribution is 2.45. The summed E-state index contributed by atoms with van der Waals surface area (Å²) in [7, 11) is -4.96. The molecule has 2 heterocycles. The van der Waals surface area contributed by atoms with Crippen molar-refractivity contribution in [3.05, 3.63) is 72.7 Å². The standard InChI is InChI=1S/C27H44N6O8Si2/c1-26(2,3)42(7,8)40-22-20(17-32(36)30-29-18-11-13-19(14-12-18)33(37)38)39-24(31-16-15-21(34)28-25(31)35)23(22)41-43(9,10)27(4,5)6/h11-16,20,22-24,29H,17H2,1-10H3,(H,28,34,35)/b32-30-/t20-,22-,23-,24-/m1/s1. The molecule has 0 radical (unpaired) electrons. The predicted octanol–water partition coefficient (Wildman–Crippen LogP) is 5.11. The molecular formula is C27H44N6O8Si2. The van der Waals surface area contributed by atoms with Gasteiger partial charge in [0.15, 0.2) is 22.9 Å². The minimum Gasteiger partial charge on any atom is -0.696 e. The van der Waals surface area contributed by atoms with Crippen LogP contribution in [-0.4, -0.2) is 60.8 Å². The summed E-state index contributed by atoms with van der Waals surface area (Å²) in [6.07, 6.45) is -2.03. The molecule has 4 atom stereocenters. The number of nitro benzene ring substituents is 1. The van der Waals surface area contributed by atoms with Gasteiger partial charge in [0.1, 0.15) is 30.5 Å². The number of nitrogens with one attached hydrogen (secondary N) is 2. The molecule has 1 aliphatic rings. The van der Waals surface area contributed by atoms with Crippen molar-refractivity contribution < 1.29 is 23.4 Å². The summed E-state index contributed by atoms with van der Waals surface area (Å²) in [5.74, 6) is 0. The Morgan fingerprint density at radius 3 is 1.98 bits per heavy atom. The van der Waals surface area contributed by atoms with Crippen LogP contribution in [0, 0.1) is 15.3 Å². The van der Waals surface area contributed by atoms with Crippen molar-refractivity contribution in [2.24, 2.45) is 5.22 Å². The summed E-state index contributed by atoms with van der Waals surface area (Å²) in [6, 6.07) is 6.70. The van der Waals surface area contributed by atoms with Crippen LogP contribution in [-0.2, 0) is 13.6 Å². The molecule has 1 aliphatic heterocycles. The average Bonchev–Trinajstić information content (AvgIpc) is 3.16. The first kappa shape index (κ1) is 34.3. The third-order valence-electron chi connectivity index (χ3n) is 8.59. The Morgan fingerprint density at radius 1 is 0.953 bits per heavy atom. The topological polar surface area (TPSA) is 176 Å². The lowest BCUT2D eigenvalue weighted by molar-refractivity contribution is -0.538. The van der Waals surface area contributed by atoms with Gasteiger partial charge in [0.25, 0.3) is 11.2 Å². The summed E-state index contributed by atoms with van der Waals surface area (Å²) in [5, 5.41) is 27.5. The maximum Gasteiger partial charge on any atom is 0.330 e. The summed E-state index contributed by atoms with van der Waals surface area (Å²) < 4.78 is 21.5. The summed E-state index contributed by atoms with van der Waals surface area (Å²) in [6.45, 7) is 20.7. The summed E-state index contributed by atoms with van der Waals surface area (Å²) >= 11 is 0. The Labute approximate surface area is 253 Å². The first-order valence-electron chi connectivity index (χ1n) is 14.1. The van der Waals surface area contributed by atoms with E-state index in [0.717, 1.165) is 0 Å². The van der Waals surface area contributed by atoms with E-state index in [-0.39, 0.29) is 22.3 Å². The van der Waals surface area contributed by atoms with Gasteiger partial charge in [0.05, 0.1) is 10.1 Å². The van der Waals surface area contributed by atoms with Crippen molar-refractivity contribution in [2.45, 2.75) is 102 Å². The number of hydrogen-bond acceptors (Lipinski definition) is 9. The van der Waals surface area contributed by atoms with Crippen LogP contribution in [0.25, 0.3) is 0 Å². The van der Waals surface area contributed by atoms with Crippen LogP contribution in [0.1, 0.15) is 47.8 Å². The van der Waals surface area contributed by atoms with Crippen LogP contribution in [0.5, 0.6) is 0 Å². The van der Waals surface area contributed by atoms with Crippen LogP contribution in [0.2, 0.25) is 36.3 Å². The van der Waals surface area contributed by atoms with E-state index in [9.17, 15) is 24.9 Å². The zero-order chi connectivity index (χ0) is 32.5. The zero-order valence-electron chi connectivity index (χ0n) is 26.5. The van der Waals surface area contributed by atoms with Gasteiger partial charge in [-0.1, -0.05) is 41.5 Å². The number of benzene rings is 1. The lowest BCUT2D eigenvalue weighted by atomic mass is 10.1. The molecule has 0 amide bonds. The van der Waals surface area contributed by atoms with E-state index >= 15 is 0 Å². The molecule has 0 unspecified atom stereocenters. The van der Waals surface area contributed by atoms with Crippen molar-refractivity contribution in [1.29, 1.82) is 0 Å².